The molecule has 0 aromatic rings. The van der Waals surface area contributed by atoms with Crippen molar-refractivity contribution in [1.82, 2.24) is 5.32 Å². The summed E-state index contributed by atoms with van der Waals surface area (Å²) in [5.74, 6) is 0. The Hall–Kier alpha value is -0.0800. The van der Waals surface area contributed by atoms with Gasteiger partial charge in [0.25, 0.3) is 0 Å². The Morgan fingerprint density at radius 2 is 1.82 bits per heavy atom. The minimum Gasteiger partial charge on any atom is -0.378 e. The molecule has 1 aliphatic rings. The Kier molecular flexibility index (Phi) is 6.50. The van der Waals surface area contributed by atoms with Crippen LogP contribution in [0, 0.1) is 5.41 Å². The summed E-state index contributed by atoms with van der Waals surface area (Å²) in [6.45, 7) is 11.1. The molecule has 0 amide bonds. The minimum absolute atomic E-state index is 0.405. The van der Waals surface area contributed by atoms with E-state index in [1.54, 1.807) is 0 Å². The summed E-state index contributed by atoms with van der Waals surface area (Å²) in [5.41, 5.74) is 0.405. The smallest absolute Gasteiger partial charge is 0.0661 e. The summed E-state index contributed by atoms with van der Waals surface area (Å²) in [7, 11) is 0. The molecule has 0 spiro atoms. The van der Waals surface area contributed by atoms with Gasteiger partial charge in [-0.1, -0.05) is 40.5 Å². The van der Waals surface area contributed by atoms with Crippen LogP contribution in [-0.4, -0.2) is 25.3 Å². The maximum atomic E-state index is 6.11. The van der Waals surface area contributed by atoms with E-state index in [0.29, 0.717) is 17.6 Å². The average Bonchev–Trinajstić information content (AvgIpc) is 2.33. The van der Waals surface area contributed by atoms with E-state index in [1.807, 2.05) is 0 Å². The topological polar surface area (TPSA) is 21.3 Å². The fourth-order valence-electron chi connectivity index (χ4n) is 3.29. The number of nitrogens with one attached hydrogen (secondary N) is 1. The highest BCUT2D eigenvalue weighted by Crippen LogP contribution is 2.48. The normalized spacial score (nSPS) is 26.8. The Morgan fingerprint density at radius 1 is 1.12 bits per heavy atom. The van der Waals surface area contributed by atoms with Crippen molar-refractivity contribution in [3.05, 3.63) is 0 Å². The predicted octanol–water partition coefficient (Wildman–Crippen LogP) is 3.75. The lowest BCUT2D eigenvalue weighted by atomic mass is 9.58. The monoisotopic (exact) mass is 241 g/mol. The summed E-state index contributed by atoms with van der Waals surface area (Å²) in [6.07, 6.45) is 7.98. The SMILES string of the molecule is CCCCCOC1CC(NCC)C1(CC)CC. The van der Waals surface area contributed by atoms with Crippen molar-refractivity contribution in [2.75, 3.05) is 13.2 Å². The van der Waals surface area contributed by atoms with E-state index in [1.165, 1.54) is 38.5 Å². The number of unbranched alkanes of at least 4 members (excludes halogenated alkanes) is 2. The molecule has 0 heterocycles. The summed E-state index contributed by atoms with van der Waals surface area (Å²) in [4.78, 5) is 0. The third-order valence-corrected chi connectivity index (χ3v) is 4.62. The van der Waals surface area contributed by atoms with Crippen molar-refractivity contribution in [1.29, 1.82) is 0 Å². The third kappa shape index (κ3) is 3.23. The Balaban J connectivity index is 2.40. The van der Waals surface area contributed by atoms with Crippen molar-refractivity contribution in [3.8, 4) is 0 Å². The van der Waals surface area contributed by atoms with Gasteiger partial charge in [-0.15, -0.1) is 0 Å². The fourth-order valence-corrected chi connectivity index (χ4v) is 3.29. The molecule has 0 radical (unpaired) electrons. The van der Waals surface area contributed by atoms with Gasteiger partial charge < -0.3 is 10.1 Å². The molecule has 2 heteroatoms. The van der Waals surface area contributed by atoms with Gasteiger partial charge in [0.15, 0.2) is 0 Å². The Bertz CT molecular complexity index is 201. The zero-order valence-electron chi connectivity index (χ0n) is 12.2. The first-order valence-electron chi connectivity index (χ1n) is 7.60. The first-order valence-corrected chi connectivity index (χ1v) is 7.60. The van der Waals surface area contributed by atoms with Crippen LogP contribution in [0.5, 0.6) is 0 Å². The van der Waals surface area contributed by atoms with E-state index in [-0.39, 0.29) is 0 Å². The van der Waals surface area contributed by atoms with Crippen molar-refractivity contribution in [3.63, 3.8) is 0 Å². The van der Waals surface area contributed by atoms with E-state index in [4.69, 9.17) is 4.74 Å². The van der Waals surface area contributed by atoms with Gasteiger partial charge >= 0.3 is 0 Å². The molecule has 1 rings (SSSR count). The molecule has 1 fully saturated rings. The molecular weight excluding hydrogens is 210 g/mol. The highest BCUT2D eigenvalue weighted by atomic mass is 16.5. The van der Waals surface area contributed by atoms with Crippen molar-refractivity contribution in [2.45, 2.75) is 78.4 Å². The van der Waals surface area contributed by atoms with Gasteiger partial charge in [-0.25, -0.2) is 0 Å². The van der Waals surface area contributed by atoms with Crippen LogP contribution in [0.15, 0.2) is 0 Å². The van der Waals surface area contributed by atoms with Crippen molar-refractivity contribution in [2.24, 2.45) is 5.41 Å². The average molecular weight is 241 g/mol. The van der Waals surface area contributed by atoms with Crippen LogP contribution >= 0.6 is 0 Å². The largest absolute Gasteiger partial charge is 0.378 e. The zero-order valence-corrected chi connectivity index (χ0v) is 12.2. The van der Waals surface area contributed by atoms with Gasteiger partial charge in [0, 0.05) is 18.1 Å². The maximum Gasteiger partial charge on any atom is 0.0661 e. The van der Waals surface area contributed by atoms with Crippen LogP contribution in [-0.2, 0) is 4.74 Å². The molecule has 2 nitrogen and oxygen atoms in total. The summed E-state index contributed by atoms with van der Waals surface area (Å²) in [6, 6.07) is 0.679. The summed E-state index contributed by atoms with van der Waals surface area (Å²) >= 11 is 0. The minimum atomic E-state index is 0.405. The molecule has 1 saturated carbocycles. The summed E-state index contributed by atoms with van der Waals surface area (Å²) in [5, 5.41) is 3.63. The first-order chi connectivity index (χ1) is 8.25. The van der Waals surface area contributed by atoms with E-state index in [9.17, 15) is 0 Å². The second-order valence-corrected chi connectivity index (χ2v) is 5.35. The van der Waals surface area contributed by atoms with Crippen molar-refractivity contribution < 1.29 is 4.74 Å². The van der Waals surface area contributed by atoms with Gasteiger partial charge in [0.05, 0.1) is 6.10 Å². The lowest BCUT2D eigenvalue weighted by Gasteiger charge is -2.55. The van der Waals surface area contributed by atoms with E-state index >= 15 is 0 Å². The molecule has 0 aromatic heterocycles. The second kappa shape index (κ2) is 7.38. The standard InChI is InChI=1S/C15H31NO/c1-5-9-10-11-17-14-12-13(16-8-4)15(14,6-2)7-3/h13-14,16H,5-12H2,1-4H3. The summed E-state index contributed by atoms with van der Waals surface area (Å²) < 4.78 is 6.11. The molecule has 2 unspecified atom stereocenters. The molecule has 17 heavy (non-hydrogen) atoms. The fraction of sp³-hybridized carbons (Fsp3) is 1.00. The predicted molar refractivity (Wildman–Crippen MR) is 74.4 cm³/mol. The molecule has 1 N–H and O–H groups in total. The molecule has 0 aliphatic heterocycles. The van der Waals surface area contributed by atoms with Gasteiger partial charge in [-0.3, -0.25) is 0 Å². The zero-order chi connectivity index (χ0) is 12.7. The number of hydrogen-bond acceptors (Lipinski definition) is 2. The number of ether oxygens (including phenoxy) is 1. The molecule has 102 valence electrons. The van der Waals surface area contributed by atoms with Crippen LogP contribution in [0.4, 0.5) is 0 Å². The quantitative estimate of drug-likeness (QED) is 0.621. The maximum absolute atomic E-state index is 6.11. The number of rotatable bonds is 9. The van der Waals surface area contributed by atoms with Gasteiger partial charge in [0.2, 0.25) is 0 Å². The second-order valence-electron chi connectivity index (χ2n) is 5.35. The highest BCUT2D eigenvalue weighted by Gasteiger charge is 2.52. The van der Waals surface area contributed by atoms with Crippen LogP contribution < -0.4 is 5.32 Å². The first kappa shape index (κ1) is 15.0. The van der Waals surface area contributed by atoms with Crippen LogP contribution in [0.2, 0.25) is 0 Å². The lowest BCUT2D eigenvalue weighted by molar-refractivity contribution is -0.140. The molecule has 0 bridgehead atoms. The Morgan fingerprint density at radius 3 is 2.35 bits per heavy atom. The number of hydrogen-bond donors (Lipinski definition) is 1. The van der Waals surface area contributed by atoms with E-state index in [0.717, 1.165) is 13.2 Å². The lowest BCUT2D eigenvalue weighted by Crippen LogP contribution is -2.63. The van der Waals surface area contributed by atoms with Crippen LogP contribution in [0.1, 0.15) is 66.2 Å². The third-order valence-electron chi connectivity index (χ3n) is 4.62. The molecular formula is C15H31NO. The molecule has 0 aromatic carbocycles. The van der Waals surface area contributed by atoms with Crippen LogP contribution in [0.25, 0.3) is 0 Å². The molecule has 1 aliphatic carbocycles. The molecule has 2 atom stereocenters. The van der Waals surface area contributed by atoms with E-state index in [2.05, 4.69) is 33.0 Å². The molecule has 0 saturated heterocycles. The van der Waals surface area contributed by atoms with Gasteiger partial charge in [-0.05, 0) is 32.2 Å². The highest BCUT2D eigenvalue weighted by molar-refractivity contribution is 5.06. The Labute approximate surface area is 108 Å². The van der Waals surface area contributed by atoms with Crippen LogP contribution in [0.3, 0.4) is 0 Å². The van der Waals surface area contributed by atoms with Gasteiger partial charge in [-0.2, -0.15) is 0 Å². The van der Waals surface area contributed by atoms with E-state index < -0.39 is 0 Å². The van der Waals surface area contributed by atoms with Crippen molar-refractivity contribution >= 4 is 0 Å². The van der Waals surface area contributed by atoms with Gasteiger partial charge in [0.1, 0.15) is 0 Å².